The van der Waals surface area contributed by atoms with Gasteiger partial charge in [0.1, 0.15) is 0 Å². The molecule has 0 spiro atoms. The summed E-state index contributed by atoms with van der Waals surface area (Å²) < 4.78 is 9.80. The molecule has 0 saturated heterocycles. The number of carbonyl (C=O) groups excluding carboxylic acids is 3. The number of fused-ring (bicyclic) bond motifs is 1. The second kappa shape index (κ2) is 6.57. The third kappa shape index (κ3) is 3.01. The van der Waals surface area contributed by atoms with Gasteiger partial charge in [0, 0.05) is 17.9 Å². The summed E-state index contributed by atoms with van der Waals surface area (Å²) in [6.07, 6.45) is 2.16. The van der Waals surface area contributed by atoms with Gasteiger partial charge in [-0.15, -0.1) is 0 Å². The van der Waals surface area contributed by atoms with Crippen molar-refractivity contribution in [3.63, 3.8) is 0 Å². The predicted molar refractivity (Wildman–Crippen MR) is 85.8 cm³/mol. The van der Waals surface area contributed by atoms with Crippen molar-refractivity contribution >= 4 is 29.2 Å². The molecule has 1 aliphatic rings. The zero-order valence-corrected chi connectivity index (χ0v) is 13.1. The van der Waals surface area contributed by atoms with E-state index in [2.05, 4.69) is 10.1 Å². The van der Waals surface area contributed by atoms with Crippen LogP contribution in [0.4, 0.5) is 11.4 Å². The van der Waals surface area contributed by atoms with Crippen LogP contribution in [0.25, 0.3) is 0 Å². The topological polar surface area (TPSA) is 88.9 Å². The number of anilines is 2. The van der Waals surface area contributed by atoms with Gasteiger partial charge in [-0.2, -0.15) is 0 Å². The van der Waals surface area contributed by atoms with Crippen molar-refractivity contribution in [3.05, 3.63) is 47.9 Å². The number of ether oxygens (including phenoxy) is 1. The standard InChI is InChI=1S/C17H16N2O5/c1-2-23-17(22)15(20)18-12-6-5-11-7-8-19(13(11)10-12)16(21)14-4-3-9-24-14/h3-6,9-10H,2,7-8H2,1H3,(H,18,20). The van der Waals surface area contributed by atoms with Crippen LogP contribution in [0.1, 0.15) is 23.0 Å². The number of benzene rings is 1. The number of nitrogens with zero attached hydrogens (tertiary/aromatic N) is 1. The van der Waals surface area contributed by atoms with Gasteiger partial charge in [-0.3, -0.25) is 9.59 Å². The number of hydrogen-bond acceptors (Lipinski definition) is 5. The first kappa shape index (κ1) is 15.8. The van der Waals surface area contributed by atoms with E-state index in [0.29, 0.717) is 24.3 Å². The van der Waals surface area contributed by atoms with Gasteiger partial charge in [-0.25, -0.2) is 4.79 Å². The van der Waals surface area contributed by atoms with Gasteiger partial charge < -0.3 is 19.4 Å². The molecule has 2 heterocycles. The molecule has 1 aliphatic heterocycles. The van der Waals surface area contributed by atoms with E-state index < -0.39 is 11.9 Å². The molecule has 0 bridgehead atoms. The fourth-order valence-electron chi connectivity index (χ4n) is 2.58. The highest BCUT2D eigenvalue weighted by Crippen LogP contribution is 2.32. The molecule has 3 rings (SSSR count). The molecular formula is C17H16N2O5. The van der Waals surface area contributed by atoms with Crippen LogP contribution in [0.5, 0.6) is 0 Å². The number of esters is 1. The molecular weight excluding hydrogens is 312 g/mol. The fraction of sp³-hybridized carbons (Fsp3) is 0.235. The molecule has 124 valence electrons. The largest absolute Gasteiger partial charge is 0.459 e. The average Bonchev–Trinajstić information content (AvgIpc) is 3.24. The molecule has 2 aromatic rings. The molecule has 7 heteroatoms. The van der Waals surface area contributed by atoms with Crippen LogP contribution in [-0.4, -0.2) is 30.9 Å². The van der Waals surface area contributed by atoms with Crippen LogP contribution >= 0.6 is 0 Å². The Labute approximate surface area is 138 Å². The highest BCUT2D eigenvalue weighted by atomic mass is 16.5. The molecule has 0 aliphatic carbocycles. The van der Waals surface area contributed by atoms with Gasteiger partial charge in [0.05, 0.1) is 12.9 Å². The normalized spacial score (nSPS) is 12.6. The monoisotopic (exact) mass is 328 g/mol. The SMILES string of the molecule is CCOC(=O)C(=O)Nc1ccc2c(c1)N(C(=O)c1ccco1)CC2. The van der Waals surface area contributed by atoms with E-state index in [-0.39, 0.29) is 18.3 Å². The second-order valence-electron chi connectivity index (χ2n) is 5.20. The Hall–Kier alpha value is -3.09. The molecule has 2 amide bonds. The van der Waals surface area contributed by atoms with Gasteiger partial charge in [0.15, 0.2) is 5.76 Å². The number of hydrogen-bond donors (Lipinski definition) is 1. The lowest BCUT2D eigenvalue weighted by atomic mass is 10.1. The van der Waals surface area contributed by atoms with Crippen LogP contribution < -0.4 is 10.2 Å². The first-order valence-corrected chi connectivity index (χ1v) is 7.56. The van der Waals surface area contributed by atoms with Crippen molar-refractivity contribution in [1.82, 2.24) is 0 Å². The van der Waals surface area contributed by atoms with E-state index in [0.717, 1.165) is 5.56 Å². The minimum Gasteiger partial charge on any atom is -0.459 e. The maximum absolute atomic E-state index is 12.5. The zero-order valence-electron chi connectivity index (χ0n) is 13.1. The first-order valence-electron chi connectivity index (χ1n) is 7.56. The number of furan rings is 1. The number of nitrogens with one attached hydrogen (secondary N) is 1. The third-order valence-corrected chi connectivity index (χ3v) is 3.68. The Balaban J connectivity index is 1.80. The molecule has 7 nitrogen and oxygen atoms in total. The minimum atomic E-state index is -0.943. The quantitative estimate of drug-likeness (QED) is 0.687. The Morgan fingerprint density at radius 1 is 1.29 bits per heavy atom. The van der Waals surface area contributed by atoms with E-state index >= 15 is 0 Å². The van der Waals surface area contributed by atoms with Gasteiger partial charge in [-0.1, -0.05) is 6.07 Å². The maximum atomic E-state index is 12.5. The van der Waals surface area contributed by atoms with E-state index in [9.17, 15) is 14.4 Å². The second-order valence-corrected chi connectivity index (χ2v) is 5.20. The molecule has 1 N–H and O–H groups in total. The van der Waals surface area contributed by atoms with Crippen LogP contribution in [0.3, 0.4) is 0 Å². The van der Waals surface area contributed by atoms with Crippen LogP contribution in [0, 0.1) is 0 Å². The van der Waals surface area contributed by atoms with Crippen molar-refractivity contribution in [2.75, 3.05) is 23.4 Å². The van der Waals surface area contributed by atoms with Crippen molar-refractivity contribution < 1.29 is 23.5 Å². The van der Waals surface area contributed by atoms with Crippen molar-refractivity contribution in [2.24, 2.45) is 0 Å². The lowest BCUT2D eigenvalue weighted by Gasteiger charge is -2.16. The lowest BCUT2D eigenvalue weighted by Crippen LogP contribution is -2.28. The van der Waals surface area contributed by atoms with Crippen LogP contribution in [0.2, 0.25) is 0 Å². The summed E-state index contributed by atoms with van der Waals surface area (Å²) >= 11 is 0. The van der Waals surface area contributed by atoms with E-state index in [1.54, 1.807) is 36.1 Å². The van der Waals surface area contributed by atoms with Gasteiger partial charge >= 0.3 is 11.9 Å². The summed E-state index contributed by atoms with van der Waals surface area (Å²) in [5.41, 5.74) is 2.10. The smallest absolute Gasteiger partial charge is 0.397 e. The predicted octanol–water partition coefficient (Wildman–Crippen LogP) is 1.98. The Morgan fingerprint density at radius 3 is 2.83 bits per heavy atom. The number of rotatable bonds is 3. The molecule has 0 saturated carbocycles. The highest BCUT2D eigenvalue weighted by molar-refractivity contribution is 6.37. The third-order valence-electron chi connectivity index (χ3n) is 3.68. The molecule has 1 aromatic heterocycles. The summed E-state index contributed by atoms with van der Waals surface area (Å²) in [5, 5.41) is 2.48. The van der Waals surface area contributed by atoms with Crippen LogP contribution in [0.15, 0.2) is 41.0 Å². The van der Waals surface area contributed by atoms with E-state index in [1.165, 1.54) is 6.26 Å². The average molecular weight is 328 g/mol. The van der Waals surface area contributed by atoms with Gasteiger partial charge in [-0.05, 0) is 43.2 Å². The minimum absolute atomic E-state index is 0.127. The van der Waals surface area contributed by atoms with Gasteiger partial charge in [0.2, 0.25) is 0 Å². The molecule has 1 aromatic carbocycles. The Morgan fingerprint density at radius 2 is 2.12 bits per heavy atom. The van der Waals surface area contributed by atoms with Crippen molar-refractivity contribution in [1.29, 1.82) is 0 Å². The molecule has 24 heavy (non-hydrogen) atoms. The molecule has 0 unspecified atom stereocenters. The van der Waals surface area contributed by atoms with Gasteiger partial charge in [0.25, 0.3) is 5.91 Å². The summed E-state index contributed by atoms with van der Waals surface area (Å²) in [6.45, 7) is 2.28. The summed E-state index contributed by atoms with van der Waals surface area (Å²) in [6, 6.07) is 8.44. The highest BCUT2D eigenvalue weighted by Gasteiger charge is 2.27. The summed E-state index contributed by atoms with van der Waals surface area (Å²) in [7, 11) is 0. The summed E-state index contributed by atoms with van der Waals surface area (Å²) in [5.74, 6) is -1.78. The van der Waals surface area contributed by atoms with Crippen LogP contribution in [-0.2, 0) is 20.7 Å². The molecule has 0 radical (unpaired) electrons. The zero-order chi connectivity index (χ0) is 17.1. The van der Waals surface area contributed by atoms with E-state index in [1.807, 2.05) is 6.07 Å². The number of carbonyl (C=O) groups is 3. The van der Waals surface area contributed by atoms with E-state index in [4.69, 9.17) is 4.42 Å². The first-order chi connectivity index (χ1) is 11.6. The number of amides is 2. The molecule has 0 fully saturated rings. The summed E-state index contributed by atoms with van der Waals surface area (Å²) in [4.78, 5) is 37.2. The maximum Gasteiger partial charge on any atom is 0.397 e. The van der Waals surface area contributed by atoms with Crippen molar-refractivity contribution in [3.8, 4) is 0 Å². The Bertz CT molecular complexity index is 782. The molecule has 0 atom stereocenters. The Kier molecular flexibility index (Phi) is 4.33. The van der Waals surface area contributed by atoms with Crippen molar-refractivity contribution in [2.45, 2.75) is 13.3 Å². The lowest BCUT2D eigenvalue weighted by molar-refractivity contribution is -0.152. The fourth-order valence-corrected chi connectivity index (χ4v) is 2.58.